The zero-order chi connectivity index (χ0) is 19.3. The molecule has 3 aromatic rings. The summed E-state index contributed by atoms with van der Waals surface area (Å²) in [6, 6.07) is 14.7. The molecule has 0 radical (unpaired) electrons. The highest BCUT2D eigenvalue weighted by molar-refractivity contribution is 5.65. The summed E-state index contributed by atoms with van der Waals surface area (Å²) >= 11 is 0. The Balaban J connectivity index is 1.48. The first-order chi connectivity index (χ1) is 13.7. The van der Waals surface area contributed by atoms with Gasteiger partial charge in [-0.2, -0.15) is 10.1 Å². The maximum Gasteiger partial charge on any atom is 0.249 e. The van der Waals surface area contributed by atoms with E-state index in [-0.39, 0.29) is 0 Å². The zero-order valence-corrected chi connectivity index (χ0v) is 16.4. The molecule has 0 spiro atoms. The van der Waals surface area contributed by atoms with Crippen molar-refractivity contribution in [3.05, 3.63) is 59.8 Å². The number of anilines is 5. The van der Waals surface area contributed by atoms with Crippen LogP contribution in [0.15, 0.2) is 48.7 Å². The van der Waals surface area contributed by atoms with Gasteiger partial charge in [-0.25, -0.2) is 0 Å². The molecular weight excluding hydrogens is 348 g/mol. The molecule has 2 heterocycles. The number of rotatable bonds is 6. The highest BCUT2D eigenvalue weighted by Gasteiger charge is 2.12. The second-order valence-electron chi connectivity index (χ2n) is 7.12. The smallest absolute Gasteiger partial charge is 0.249 e. The van der Waals surface area contributed by atoms with E-state index in [4.69, 9.17) is 0 Å². The predicted molar refractivity (Wildman–Crippen MR) is 115 cm³/mol. The number of nitrogens with zero attached hydrogens (tertiary/aromatic N) is 4. The molecule has 1 aromatic heterocycles. The molecular formula is C22H26N6. The van der Waals surface area contributed by atoms with E-state index in [1.807, 2.05) is 0 Å². The van der Waals surface area contributed by atoms with Crippen LogP contribution in [0.25, 0.3) is 0 Å². The predicted octanol–water partition coefficient (Wildman–Crippen LogP) is 4.83. The fourth-order valence-electron chi connectivity index (χ4n) is 3.61. The molecule has 6 heteroatoms. The van der Waals surface area contributed by atoms with Gasteiger partial charge < -0.3 is 15.5 Å². The second kappa shape index (κ2) is 8.25. The molecule has 2 N–H and O–H groups in total. The van der Waals surface area contributed by atoms with Crippen LogP contribution in [-0.2, 0) is 6.42 Å². The van der Waals surface area contributed by atoms with Gasteiger partial charge in [-0.15, -0.1) is 5.10 Å². The second-order valence-corrected chi connectivity index (χ2v) is 7.12. The first-order valence-electron chi connectivity index (χ1n) is 9.90. The molecule has 0 bridgehead atoms. The first-order valence-corrected chi connectivity index (χ1v) is 9.90. The minimum atomic E-state index is 0.477. The largest absolute Gasteiger partial charge is 0.372 e. The number of hydrogen-bond donors (Lipinski definition) is 2. The molecule has 0 atom stereocenters. The summed E-state index contributed by atoms with van der Waals surface area (Å²) < 4.78 is 0. The summed E-state index contributed by atoms with van der Waals surface area (Å²) in [6.45, 7) is 6.53. The van der Waals surface area contributed by atoms with E-state index in [1.54, 1.807) is 6.20 Å². The van der Waals surface area contributed by atoms with Crippen LogP contribution in [0.1, 0.15) is 30.9 Å². The van der Waals surface area contributed by atoms with Crippen LogP contribution in [-0.4, -0.2) is 28.3 Å². The van der Waals surface area contributed by atoms with Crippen molar-refractivity contribution in [2.24, 2.45) is 0 Å². The Morgan fingerprint density at radius 1 is 1.00 bits per heavy atom. The van der Waals surface area contributed by atoms with Crippen LogP contribution in [0, 0.1) is 6.92 Å². The van der Waals surface area contributed by atoms with Crippen LogP contribution in [0.4, 0.5) is 28.8 Å². The van der Waals surface area contributed by atoms with Crippen LogP contribution in [0.2, 0.25) is 0 Å². The summed E-state index contributed by atoms with van der Waals surface area (Å²) in [7, 11) is 0. The summed E-state index contributed by atoms with van der Waals surface area (Å²) in [6.07, 6.45) is 5.16. The zero-order valence-electron chi connectivity index (χ0n) is 16.4. The SMILES string of the molecule is CCc1cccc(C)c1Nc1cnnc(Nc2ccc(N3CCCC3)cc2)n1. The Labute approximate surface area is 166 Å². The molecule has 0 amide bonds. The Morgan fingerprint density at radius 3 is 2.54 bits per heavy atom. The third-order valence-electron chi connectivity index (χ3n) is 5.15. The van der Waals surface area contributed by atoms with Crippen molar-refractivity contribution in [2.45, 2.75) is 33.1 Å². The lowest BCUT2D eigenvalue weighted by atomic mass is 10.1. The normalized spacial score (nSPS) is 13.6. The van der Waals surface area contributed by atoms with Gasteiger partial charge in [-0.3, -0.25) is 0 Å². The molecule has 1 saturated heterocycles. The maximum absolute atomic E-state index is 4.57. The Kier molecular flexibility index (Phi) is 5.37. The van der Waals surface area contributed by atoms with Gasteiger partial charge >= 0.3 is 0 Å². The van der Waals surface area contributed by atoms with E-state index in [1.165, 1.54) is 29.7 Å². The van der Waals surface area contributed by atoms with Crippen LogP contribution in [0.3, 0.4) is 0 Å². The van der Waals surface area contributed by atoms with Crippen LogP contribution in [0.5, 0.6) is 0 Å². The van der Waals surface area contributed by atoms with Crippen molar-refractivity contribution in [1.82, 2.24) is 15.2 Å². The number of nitrogens with one attached hydrogen (secondary N) is 2. The first kappa shape index (κ1) is 18.2. The average Bonchev–Trinajstić information content (AvgIpc) is 3.25. The summed E-state index contributed by atoms with van der Waals surface area (Å²) in [5.41, 5.74) is 5.75. The number of hydrogen-bond acceptors (Lipinski definition) is 6. The molecule has 2 aromatic carbocycles. The highest BCUT2D eigenvalue weighted by Crippen LogP contribution is 2.26. The Hall–Kier alpha value is -3.15. The Morgan fingerprint density at radius 2 is 1.79 bits per heavy atom. The number of benzene rings is 2. The average molecular weight is 374 g/mol. The van der Waals surface area contributed by atoms with Gasteiger partial charge in [0, 0.05) is 30.2 Å². The number of aromatic nitrogens is 3. The van der Waals surface area contributed by atoms with E-state index in [2.05, 4.69) is 87.0 Å². The third-order valence-corrected chi connectivity index (χ3v) is 5.15. The topological polar surface area (TPSA) is 66.0 Å². The standard InChI is InChI=1S/C22H26N6/c1-3-17-8-6-7-16(2)21(17)25-20-15-23-27-22(26-20)24-18-9-11-19(12-10-18)28-13-4-5-14-28/h6-12,15H,3-5,13-14H2,1-2H3,(H2,24,25,26,27). The molecule has 4 rings (SSSR count). The van der Waals surface area contributed by atoms with Crippen molar-refractivity contribution >= 4 is 28.8 Å². The quantitative estimate of drug-likeness (QED) is 0.644. The van der Waals surface area contributed by atoms with E-state index in [9.17, 15) is 0 Å². The highest BCUT2D eigenvalue weighted by atomic mass is 15.3. The van der Waals surface area contributed by atoms with Gasteiger partial charge in [-0.05, 0) is 61.6 Å². The van der Waals surface area contributed by atoms with Gasteiger partial charge in [-0.1, -0.05) is 25.1 Å². The lowest BCUT2D eigenvalue weighted by molar-refractivity contribution is 0.949. The van der Waals surface area contributed by atoms with Crippen molar-refractivity contribution in [3.63, 3.8) is 0 Å². The minimum absolute atomic E-state index is 0.477. The molecule has 1 fully saturated rings. The van der Waals surface area contributed by atoms with E-state index < -0.39 is 0 Å². The fraction of sp³-hybridized carbons (Fsp3) is 0.318. The van der Waals surface area contributed by atoms with Gasteiger partial charge in [0.15, 0.2) is 5.82 Å². The van der Waals surface area contributed by atoms with Crippen LogP contribution < -0.4 is 15.5 Å². The number of aryl methyl sites for hydroxylation is 2. The molecule has 1 aliphatic rings. The summed E-state index contributed by atoms with van der Waals surface area (Å²) in [4.78, 5) is 6.99. The minimum Gasteiger partial charge on any atom is -0.372 e. The third kappa shape index (κ3) is 4.06. The lowest BCUT2D eigenvalue weighted by Crippen LogP contribution is -2.17. The summed E-state index contributed by atoms with van der Waals surface area (Å²) in [5.74, 6) is 1.15. The van der Waals surface area contributed by atoms with E-state index >= 15 is 0 Å². The van der Waals surface area contributed by atoms with Crippen molar-refractivity contribution in [3.8, 4) is 0 Å². The molecule has 0 aliphatic carbocycles. The van der Waals surface area contributed by atoms with Gasteiger partial charge in [0.1, 0.15) is 0 Å². The van der Waals surface area contributed by atoms with Gasteiger partial charge in [0.05, 0.1) is 6.20 Å². The monoisotopic (exact) mass is 374 g/mol. The van der Waals surface area contributed by atoms with E-state index in [0.29, 0.717) is 11.8 Å². The van der Waals surface area contributed by atoms with Crippen LogP contribution >= 0.6 is 0 Å². The summed E-state index contributed by atoms with van der Waals surface area (Å²) in [5, 5.41) is 14.9. The molecule has 6 nitrogen and oxygen atoms in total. The number of para-hydroxylation sites is 1. The Bertz CT molecular complexity index is 932. The molecule has 0 saturated carbocycles. The van der Waals surface area contributed by atoms with Crippen molar-refractivity contribution in [2.75, 3.05) is 28.6 Å². The van der Waals surface area contributed by atoms with E-state index in [0.717, 1.165) is 30.9 Å². The van der Waals surface area contributed by atoms with Crippen molar-refractivity contribution < 1.29 is 0 Å². The van der Waals surface area contributed by atoms with Gasteiger partial charge in [0.2, 0.25) is 5.95 Å². The van der Waals surface area contributed by atoms with Crippen molar-refractivity contribution in [1.29, 1.82) is 0 Å². The lowest BCUT2D eigenvalue weighted by Gasteiger charge is -2.17. The van der Waals surface area contributed by atoms with Gasteiger partial charge in [0.25, 0.3) is 0 Å². The fourth-order valence-corrected chi connectivity index (χ4v) is 3.61. The maximum atomic E-state index is 4.57. The molecule has 28 heavy (non-hydrogen) atoms. The molecule has 0 unspecified atom stereocenters. The molecule has 1 aliphatic heterocycles. The molecule has 144 valence electrons.